The van der Waals surface area contributed by atoms with Gasteiger partial charge in [0.25, 0.3) is 5.91 Å². The molecule has 0 N–H and O–H groups in total. The van der Waals surface area contributed by atoms with Crippen LogP contribution < -0.4 is 0 Å². The van der Waals surface area contributed by atoms with Crippen LogP contribution in [0.3, 0.4) is 0 Å². The maximum atomic E-state index is 13.3. The summed E-state index contributed by atoms with van der Waals surface area (Å²) in [6.45, 7) is 7.33. The van der Waals surface area contributed by atoms with E-state index >= 15 is 0 Å². The highest BCUT2D eigenvalue weighted by atomic mass is 16.8. The molecule has 4 rings (SSSR count). The summed E-state index contributed by atoms with van der Waals surface area (Å²) in [6.07, 6.45) is -2.96. The number of carbonyl (C=O) groups excluding carboxylic acids is 1. The third-order valence-electron chi connectivity index (χ3n) is 5.63. The Morgan fingerprint density at radius 1 is 1.07 bits per heavy atom. The van der Waals surface area contributed by atoms with Gasteiger partial charge in [-0.15, -0.1) is 0 Å². The van der Waals surface area contributed by atoms with Gasteiger partial charge in [-0.3, -0.25) is 4.79 Å². The Kier molecular flexibility index (Phi) is 4.72. The summed E-state index contributed by atoms with van der Waals surface area (Å²) in [5.74, 6) is -2.06. The molecule has 0 radical (unpaired) electrons. The minimum Gasteiger partial charge on any atom is -0.348 e. The van der Waals surface area contributed by atoms with E-state index in [1.807, 2.05) is 6.07 Å². The number of fused-ring (bicyclic) bond motifs is 1. The summed E-state index contributed by atoms with van der Waals surface area (Å²) in [7, 11) is 1.59. The van der Waals surface area contributed by atoms with E-state index in [1.165, 1.54) is 4.90 Å². The lowest BCUT2D eigenvalue weighted by Gasteiger charge is -2.41. The molecule has 1 aromatic rings. The van der Waals surface area contributed by atoms with E-state index in [2.05, 4.69) is 6.07 Å². The highest BCUT2D eigenvalue weighted by Gasteiger charge is 2.69. The fourth-order valence-corrected chi connectivity index (χ4v) is 4.30. The van der Waals surface area contributed by atoms with Gasteiger partial charge in [-0.25, -0.2) is 0 Å². The lowest BCUT2D eigenvalue weighted by Crippen LogP contribution is -2.64. The van der Waals surface area contributed by atoms with Crippen LogP contribution in [0.5, 0.6) is 0 Å². The average Bonchev–Trinajstić information content (AvgIpc) is 3.28. The van der Waals surface area contributed by atoms with Crippen LogP contribution in [0.4, 0.5) is 0 Å². The summed E-state index contributed by atoms with van der Waals surface area (Å²) < 4.78 is 29.8. The average molecular weight is 402 g/mol. The Morgan fingerprint density at radius 3 is 2.34 bits per heavy atom. The molecule has 0 bridgehead atoms. The molecule has 3 aliphatic rings. The Balaban J connectivity index is 1.74. The number of rotatable bonds is 3. The zero-order valence-corrected chi connectivity index (χ0v) is 17.2. The van der Waals surface area contributed by atoms with Gasteiger partial charge in [0.05, 0.1) is 12.7 Å². The van der Waals surface area contributed by atoms with Gasteiger partial charge in [-0.1, -0.05) is 18.2 Å². The summed E-state index contributed by atoms with van der Waals surface area (Å²) >= 11 is 0. The van der Waals surface area contributed by atoms with E-state index in [0.717, 1.165) is 0 Å². The molecule has 3 heterocycles. The molecular formula is C21H26N2O6. The first kappa shape index (κ1) is 20.3. The molecule has 3 aliphatic heterocycles. The molecule has 0 spiro atoms. The maximum absolute atomic E-state index is 13.3. The largest absolute Gasteiger partial charge is 0.348 e. The molecular weight excluding hydrogens is 376 g/mol. The molecule has 3 saturated heterocycles. The van der Waals surface area contributed by atoms with Crippen molar-refractivity contribution in [3.8, 4) is 6.07 Å². The lowest BCUT2D eigenvalue weighted by molar-refractivity contribution is -0.231. The molecule has 8 heteroatoms. The van der Waals surface area contributed by atoms with Crippen molar-refractivity contribution in [3.63, 3.8) is 0 Å². The minimum absolute atomic E-state index is 0.233. The number of hydrogen-bond acceptors (Lipinski definition) is 7. The molecule has 5 atom stereocenters. The summed E-state index contributed by atoms with van der Waals surface area (Å²) in [4.78, 5) is 14.7. The van der Waals surface area contributed by atoms with E-state index in [-0.39, 0.29) is 12.5 Å². The van der Waals surface area contributed by atoms with Crippen LogP contribution in [0, 0.1) is 11.3 Å². The van der Waals surface area contributed by atoms with Gasteiger partial charge in [-0.05, 0) is 39.8 Å². The summed E-state index contributed by atoms with van der Waals surface area (Å²) in [6, 6.07) is 11.1. The SMILES string of the molecule is CN(C(=O)c1ccccc1)[C@]1(C#N)[C@@H]([C@@H]2COC(C)(C)O2)O[C@@H]2OC(C)(C)O[C@@H]21. The van der Waals surface area contributed by atoms with Crippen molar-refractivity contribution >= 4 is 5.91 Å². The highest BCUT2D eigenvalue weighted by Crippen LogP contribution is 2.48. The molecule has 156 valence electrons. The van der Waals surface area contributed by atoms with Crippen molar-refractivity contribution in [2.24, 2.45) is 0 Å². The Hall–Kier alpha value is -2.02. The fraction of sp³-hybridized carbons (Fsp3) is 0.619. The third-order valence-corrected chi connectivity index (χ3v) is 5.63. The van der Waals surface area contributed by atoms with E-state index in [0.29, 0.717) is 5.56 Å². The predicted octanol–water partition coefficient (Wildman–Crippen LogP) is 2.05. The number of nitriles is 1. The fourth-order valence-electron chi connectivity index (χ4n) is 4.30. The van der Waals surface area contributed by atoms with E-state index in [4.69, 9.17) is 23.7 Å². The van der Waals surface area contributed by atoms with Gasteiger partial charge >= 0.3 is 0 Å². The second-order valence-electron chi connectivity index (χ2n) is 8.52. The minimum atomic E-state index is -1.46. The number of ether oxygens (including phenoxy) is 5. The number of hydrogen-bond donors (Lipinski definition) is 0. The van der Waals surface area contributed by atoms with Crippen molar-refractivity contribution in [1.29, 1.82) is 5.26 Å². The van der Waals surface area contributed by atoms with Crippen molar-refractivity contribution in [3.05, 3.63) is 35.9 Å². The van der Waals surface area contributed by atoms with Gasteiger partial charge in [0.1, 0.15) is 12.2 Å². The Bertz CT molecular complexity index is 835. The Morgan fingerprint density at radius 2 is 1.76 bits per heavy atom. The number of likely N-dealkylation sites (N-methyl/N-ethyl adjacent to an activating group) is 1. The smallest absolute Gasteiger partial charge is 0.255 e. The standard InChI is InChI=1S/C21H26N2O6/c1-19(2)25-11-14(27-19)15-21(12-22,16-18(26-15)29-20(3,4)28-16)23(5)17(24)13-9-7-6-8-10-13/h6-10,14-16,18H,11H2,1-5H3/t14-,15+,16-,18+,21+/m0/s1. The van der Waals surface area contributed by atoms with Crippen LogP contribution in [-0.4, -0.2) is 66.2 Å². The van der Waals surface area contributed by atoms with Gasteiger partial charge in [0, 0.05) is 12.6 Å². The van der Waals surface area contributed by atoms with Crippen LogP contribution >= 0.6 is 0 Å². The van der Waals surface area contributed by atoms with Crippen molar-refractivity contribution < 1.29 is 28.5 Å². The maximum Gasteiger partial charge on any atom is 0.255 e. The van der Waals surface area contributed by atoms with Gasteiger partial charge in [-0.2, -0.15) is 5.26 Å². The molecule has 1 amide bonds. The molecule has 8 nitrogen and oxygen atoms in total. The number of amides is 1. The third kappa shape index (κ3) is 3.23. The van der Waals surface area contributed by atoms with Crippen molar-refractivity contribution in [2.75, 3.05) is 13.7 Å². The molecule has 0 aromatic heterocycles. The highest BCUT2D eigenvalue weighted by molar-refractivity contribution is 5.95. The van der Waals surface area contributed by atoms with E-state index in [9.17, 15) is 10.1 Å². The molecule has 0 saturated carbocycles. The topological polar surface area (TPSA) is 90.3 Å². The molecule has 3 fully saturated rings. The van der Waals surface area contributed by atoms with Gasteiger partial charge in [0.2, 0.25) is 0 Å². The normalized spacial score (nSPS) is 37.1. The second-order valence-corrected chi connectivity index (χ2v) is 8.52. The first-order chi connectivity index (χ1) is 13.6. The van der Waals surface area contributed by atoms with Gasteiger partial charge in [0.15, 0.2) is 29.5 Å². The monoisotopic (exact) mass is 402 g/mol. The van der Waals surface area contributed by atoms with Crippen molar-refractivity contribution in [1.82, 2.24) is 4.90 Å². The number of benzene rings is 1. The Labute approximate surface area is 170 Å². The van der Waals surface area contributed by atoms with E-state index in [1.54, 1.807) is 59.0 Å². The molecule has 1 aromatic carbocycles. The number of carbonyl (C=O) groups is 1. The first-order valence-electron chi connectivity index (χ1n) is 9.67. The van der Waals surface area contributed by atoms with Crippen molar-refractivity contribution in [2.45, 2.75) is 69.4 Å². The summed E-state index contributed by atoms with van der Waals surface area (Å²) in [5, 5.41) is 10.4. The first-order valence-corrected chi connectivity index (χ1v) is 9.67. The number of nitrogens with zero attached hydrogens (tertiary/aromatic N) is 2. The molecule has 29 heavy (non-hydrogen) atoms. The van der Waals surface area contributed by atoms with Crippen LogP contribution in [0.1, 0.15) is 38.1 Å². The van der Waals surface area contributed by atoms with Crippen LogP contribution in [0.25, 0.3) is 0 Å². The van der Waals surface area contributed by atoms with Crippen LogP contribution in [0.15, 0.2) is 30.3 Å². The predicted molar refractivity (Wildman–Crippen MR) is 100 cm³/mol. The van der Waals surface area contributed by atoms with Gasteiger partial charge < -0.3 is 28.6 Å². The quantitative estimate of drug-likeness (QED) is 0.764. The summed E-state index contributed by atoms with van der Waals surface area (Å²) in [5.41, 5.74) is -0.992. The lowest BCUT2D eigenvalue weighted by atomic mass is 9.84. The zero-order valence-electron chi connectivity index (χ0n) is 17.2. The second kappa shape index (κ2) is 6.76. The van der Waals surface area contributed by atoms with E-state index < -0.39 is 41.7 Å². The molecule has 0 aliphatic carbocycles. The molecule has 0 unspecified atom stereocenters. The zero-order chi connectivity index (χ0) is 21.0. The van der Waals surface area contributed by atoms with Crippen LogP contribution in [-0.2, 0) is 23.7 Å². The van der Waals surface area contributed by atoms with Crippen LogP contribution in [0.2, 0.25) is 0 Å².